The molecule has 0 saturated heterocycles. The number of carboxylic acid groups (broad SMARTS) is 1. The Labute approximate surface area is 146 Å². The maximum Gasteiger partial charge on any atom is 0.338 e. The maximum absolute atomic E-state index is 12.4. The molecule has 0 radical (unpaired) electrons. The van der Waals surface area contributed by atoms with Gasteiger partial charge in [0.15, 0.2) is 5.75 Å². The van der Waals surface area contributed by atoms with Crippen molar-refractivity contribution in [2.24, 2.45) is 0 Å². The standard InChI is InChI=1S/C18H12N4O4/c23-16-13-7-4-8-14(26-12-5-2-1-3-6-12)15(13)20-18(21-16)22-10-11(9-19-22)17(24)25/h1-10H,(H,24,25)(H,20,21,23). The monoisotopic (exact) mass is 348 g/mol. The van der Waals surface area contributed by atoms with Gasteiger partial charge in [-0.15, -0.1) is 0 Å². The first-order chi connectivity index (χ1) is 12.6. The van der Waals surface area contributed by atoms with Crippen LogP contribution < -0.4 is 10.3 Å². The molecule has 0 spiro atoms. The van der Waals surface area contributed by atoms with E-state index in [2.05, 4.69) is 15.1 Å². The van der Waals surface area contributed by atoms with Gasteiger partial charge in [0.05, 0.1) is 17.1 Å². The Morgan fingerprint density at radius 3 is 2.65 bits per heavy atom. The van der Waals surface area contributed by atoms with Gasteiger partial charge in [-0.2, -0.15) is 5.10 Å². The second-order valence-corrected chi connectivity index (χ2v) is 5.44. The van der Waals surface area contributed by atoms with Crippen molar-refractivity contribution >= 4 is 16.9 Å². The van der Waals surface area contributed by atoms with Crippen molar-refractivity contribution in [3.8, 4) is 17.4 Å². The number of fused-ring (bicyclic) bond motifs is 1. The average molecular weight is 348 g/mol. The summed E-state index contributed by atoms with van der Waals surface area (Å²) in [6.45, 7) is 0. The molecule has 0 saturated carbocycles. The van der Waals surface area contributed by atoms with E-state index in [0.29, 0.717) is 22.4 Å². The zero-order valence-corrected chi connectivity index (χ0v) is 13.3. The summed E-state index contributed by atoms with van der Waals surface area (Å²) in [4.78, 5) is 30.4. The van der Waals surface area contributed by atoms with Crippen molar-refractivity contribution in [1.29, 1.82) is 0 Å². The third-order valence-corrected chi connectivity index (χ3v) is 3.70. The molecule has 8 nitrogen and oxygen atoms in total. The topological polar surface area (TPSA) is 110 Å². The molecular weight excluding hydrogens is 336 g/mol. The summed E-state index contributed by atoms with van der Waals surface area (Å²) in [6, 6.07) is 14.2. The van der Waals surface area contributed by atoms with Crippen molar-refractivity contribution in [2.75, 3.05) is 0 Å². The van der Waals surface area contributed by atoms with E-state index < -0.39 is 5.97 Å². The number of ether oxygens (including phenoxy) is 1. The van der Waals surface area contributed by atoms with Crippen molar-refractivity contribution in [3.05, 3.63) is 76.8 Å². The predicted octanol–water partition coefficient (Wildman–Crippen LogP) is 2.60. The molecule has 4 aromatic rings. The molecule has 8 heteroatoms. The fraction of sp³-hybridized carbons (Fsp3) is 0. The van der Waals surface area contributed by atoms with E-state index in [1.54, 1.807) is 30.3 Å². The number of nitrogens with one attached hydrogen (secondary N) is 1. The zero-order chi connectivity index (χ0) is 18.1. The molecule has 0 unspecified atom stereocenters. The highest BCUT2D eigenvalue weighted by Gasteiger charge is 2.13. The number of nitrogens with zero attached hydrogens (tertiary/aromatic N) is 3. The van der Waals surface area contributed by atoms with E-state index in [-0.39, 0.29) is 17.1 Å². The van der Waals surface area contributed by atoms with Crippen LogP contribution in [0.25, 0.3) is 16.9 Å². The lowest BCUT2D eigenvalue weighted by Crippen LogP contribution is -2.14. The molecule has 2 N–H and O–H groups in total. The fourth-order valence-corrected chi connectivity index (χ4v) is 2.48. The van der Waals surface area contributed by atoms with Gasteiger partial charge in [0.2, 0.25) is 5.95 Å². The Bertz CT molecular complexity index is 1160. The van der Waals surface area contributed by atoms with Crippen LogP contribution in [0.2, 0.25) is 0 Å². The number of carbonyl (C=O) groups is 1. The van der Waals surface area contributed by atoms with Crippen LogP contribution in [0.4, 0.5) is 0 Å². The number of rotatable bonds is 4. The number of carboxylic acids is 1. The van der Waals surface area contributed by atoms with Crippen LogP contribution in [0.1, 0.15) is 10.4 Å². The smallest absolute Gasteiger partial charge is 0.338 e. The van der Waals surface area contributed by atoms with Crippen molar-refractivity contribution in [2.45, 2.75) is 0 Å². The Morgan fingerprint density at radius 2 is 1.92 bits per heavy atom. The largest absolute Gasteiger partial charge is 0.478 e. The number of benzene rings is 2. The SMILES string of the molecule is O=C(O)c1cnn(-c2nc3c(Oc4ccccc4)cccc3c(=O)[nH]2)c1. The average Bonchev–Trinajstić information content (AvgIpc) is 3.14. The maximum atomic E-state index is 12.4. The van der Waals surface area contributed by atoms with Gasteiger partial charge in [-0.3, -0.25) is 9.78 Å². The molecule has 2 heterocycles. The summed E-state index contributed by atoms with van der Waals surface area (Å²) in [6.07, 6.45) is 2.45. The number of aromatic amines is 1. The van der Waals surface area contributed by atoms with E-state index >= 15 is 0 Å². The first-order valence-electron chi connectivity index (χ1n) is 7.66. The molecule has 0 aliphatic rings. The first kappa shape index (κ1) is 15.6. The van der Waals surface area contributed by atoms with Crippen molar-refractivity contribution in [3.63, 3.8) is 0 Å². The van der Waals surface area contributed by atoms with E-state index in [1.165, 1.54) is 17.1 Å². The summed E-state index contributed by atoms with van der Waals surface area (Å²) in [5.74, 6) is -0.00542. The molecule has 4 rings (SSSR count). The predicted molar refractivity (Wildman–Crippen MR) is 93.0 cm³/mol. The van der Waals surface area contributed by atoms with Gasteiger partial charge in [0, 0.05) is 6.20 Å². The molecule has 0 fully saturated rings. The third kappa shape index (κ3) is 2.80. The van der Waals surface area contributed by atoms with E-state index in [1.807, 2.05) is 18.2 Å². The number of hydrogen-bond donors (Lipinski definition) is 2. The molecule has 0 bridgehead atoms. The highest BCUT2D eigenvalue weighted by molar-refractivity contribution is 5.87. The number of aromatic carboxylic acids is 1. The van der Waals surface area contributed by atoms with Crippen LogP contribution >= 0.6 is 0 Å². The van der Waals surface area contributed by atoms with Crippen LogP contribution in [-0.4, -0.2) is 30.8 Å². The number of hydrogen-bond acceptors (Lipinski definition) is 5. The lowest BCUT2D eigenvalue weighted by molar-refractivity contribution is 0.0697. The number of H-pyrrole nitrogens is 1. The van der Waals surface area contributed by atoms with Gasteiger partial charge in [0.1, 0.15) is 11.3 Å². The summed E-state index contributed by atoms with van der Waals surface area (Å²) in [5, 5.41) is 13.3. The second-order valence-electron chi connectivity index (χ2n) is 5.44. The van der Waals surface area contributed by atoms with Crippen LogP contribution in [-0.2, 0) is 0 Å². The molecule has 2 aromatic carbocycles. The molecule has 0 amide bonds. The summed E-state index contributed by atoms with van der Waals surface area (Å²) in [7, 11) is 0. The van der Waals surface area contributed by atoms with Crippen molar-refractivity contribution in [1.82, 2.24) is 19.7 Å². The summed E-state index contributed by atoms with van der Waals surface area (Å²) < 4.78 is 7.04. The molecule has 0 aliphatic heterocycles. The van der Waals surface area contributed by atoms with E-state index in [0.717, 1.165) is 0 Å². The highest BCUT2D eigenvalue weighted by Crippen LogP contribution is 2.27. The minimum absolute atomic E-state index is 0.0124. The van der Waals surface area contributed by atoms with Crippen LogP contribution in [0.5, 0.6) is 11.5 Å². The van der Waals surface area contributed by atoms with Crippen molar-refractivity contribution < 1.29 is 14.6 Å². The lowest BCUT2D eigenvalue weighted by atomic mass is 10.2. The number of para-hydroxylation sites is 2. The normalized spacial score (nSPS) is 10.8. The molecule has 2 aromatic heterocycles. The van der Waals surface area contributed by atoms with Crippen LogP contribution in [0.15, 0.2) is 65.7 Å². The Hall–Kier alpha value is -3.94. The fourth-order valence-electron chi connectivity index (χ4n) is 2.48. The van der Waals surface area contributed by atoms with Crippen LogP contribution in [0.3, 0.4) is 0 Å². The van der Waals surface area contributed by atoms with Gasteiger partial charge < -0.3 is 9.84 Å². The zero-order valence-electron chi connectivity index (χ0n) is 13.3. The lowest BCUT2D eigenvalue weighted by Gasteiger charge is -2.09. The molecule has 128 valence electrons. The first-order valence-corrected chi connectivity index (χ1v) is 7.66. The molecule has 0 aliphatic carbocycles. The quantitative estimate of drug-likeness (QED) is 0.586. The van der Waals surface area contributed by atoms with Gasteiger partial charge in [-0.25, -0.2) is 14.5 Å². The van der Waals surface area contributed by atoms with Gasteiger partial charge >= 0.3 is 5.97 Å². The second kappa shape index (κ2) is 6.17. The van der Waals surface area contributed by atoms with Gasteiger partial charge in [-0.1, -0.05) is 24.3 Å². The molecular formula is C18H12N4O4. The van der Waals surface area contributed by atoms with Gasteiger partial charge in [-0.05, 0) is 24.3 Å². The minimum Gasteiger partial charge on any atom is -0.478 e. The number of aromatic nitrogens is 4. The third-order valence-electron chi connectivity index (χ3n) is 3.70. The van der Waals surface area contributed by atoms with E-state index in [4.69, 9.17) is 9.84 Å². The van der Waals surface area contributed by atoms with Gasteiger partial charge in [0.25, 0.3) is 5.56 Å². The van der Waals surface area contributed by atoms with Crippen LogP contribution in [0, 0.1) is 0 Å². The summed E-state index contributed by atoms with van der Waals surface area (Å²) in [5.41, 5.74) is -0.0417. The Morgan fingerprint density at radius 1 is 1.12 bits per heavy atom. The molecule has 26 heavy (non-hydrogen) atoms. The highest BCUT2D eigenvalue weighted by atomic mass is 16.5. The molecule has 0 atom stereocenters. The summed E-state index contributed by atoms with van der Waals surface area (Å²) >= 11 is 0. The minimum atomic E-state index is -1.12. The Kier molecular flexibility index (Phi) is 3.70. The Balaban J connectivity index is 1.85. The van der Waals surface area contributed by atoms with E-state index in [9.17, 15) is 9.59 Å².